The zero-order valence-electron chi connectivity index (χ0n) is 16.1. The molecule has 0 radical (unpaired) electrons. The smallest absolute Gasteiger partial charge is 0.324 e. The van der Waals surface area contributed by atoms with E-state index in [4.69, 9.17) is 0 Å². The van der Waals surface area contributed by atoms with Gasteiger partial charge in [-0.15, -0.1) is 5.10 Å². The maximum atomic E-state index is 13.1. The summed E-state index contributed by atoms with van der Waals surface area (Å²) in [6.07, 6.45) is 3.77. The van der Waals surface area contributed by atoms with Crippen LogP contribution < -0.4 is 11.0 Å². The van der Waals surface area contributed by atoms with Crippen molar-refractivity contribution in [3.8, 4) is 0 Å². The van der Waals surface area contributed by atoms with Gasteiger partial charge in [0.05, 0.1) is 0 Å². The molecule has 4 rings (SSSR count). The number of anilines is 1. The van der Waals surface area contributed by atoms with Crippen molar-refractivity contribution in [2.45, 2.75) is 29.8 Å². The number of aromatic nitrogens is 4. The topological polar surface area (TPSA) is 81.3 Å². The lowest BCUT2D eigenvalue weighted by atomic mass is 10.1. The molecule has 4 aromatic rings. The van der Waals surface area contributed by atoms with Crippen molar-refractivity contribution in [2.75, 3.05) is 5.32 Å². The quantitative estimate of drug-likeness (QED) is 0.514. The minimum absolute atomic E-state index is 0.223. The molecule has 0 bridgehead atoms. The molecule has 2 aromatic carbocycles. The Morgan fingerprint density at radius 3 is 2.70 bits per heavy atom. The van der Waals surface area contributed by atoms with E-state index in [0.717, 1.165) is 27.2 Å². The van der Waals surface area contributed by atoms with Crippen LogP contribution >= 0.6 is 11.8 Å². The average molecular weight is 423 g/mol. The number of hydrogen-bond acceptors (Lipinski definition) is 5. The van der Waals surface area contributed by atoms with Crippen molar-refractivity contribution < 1.29 is 9.18 Å². The second-order valence-electron chi connectivity index (χ2n) is 6.48. The fourth-order valence-corrected chi connectivity index (χ4v) is 3.83. The van der Waals surface area contributed by atoms with E-state index in [0.29, 0.717) is 10.7 Å². The maximum Gasteiger partial charge on any atom is 0.350 e. The van der Waals surface area contributed by atoms with Gasteiger partial charge in [0.25, 0.3) is 0 Å². The molecule has 0 atom stereocenters. The fourth-order valence-electron chi connectivity index (χ4n) is 2.99. The van der Waals surface area contributed by atoms with Crippen LogP contribution in [0.15, 0.2) is 75.6 Å². The van der Waals surface area contributed by atoms with Crippen molar-refractivity contribution in [2.24, 2.45) is 0 Å². The number of halogens is 1. The molecule has 0 aliphatic rings. The summed E-state index contributed by atoms with van der Waals surface area (Å²) in [4.78, 5) is 30.2. The van der Waals surface area contributed by atoms with Crippen LogP contribution in [-0.4, -0.2) is 25.1 Å². The van der Waals surface area contributed by atoms with Crippen molar-refractivity contribution in [1.82, 2.24) is 19.2 Å². The molecular weight excluding hydrogens is 405 g/mol. The number of carbonyl (C=O) groups excluding carboxylic acids is 1. The van der Waals surface area contributed by atoms with Crippen LogP contribution in [-0.2, 0) is 17.8 Å². The molecule has 7 nitrogen and oxygen atoms in total. The molecule has 0 saturated heterocycles. The fraction of sp³-hybridized carbons (Fsp3) is 0.143. The summed E-state index contributed by atoms with van der Waals surface area (Å²) in [5.41, 5.74) is 1.62. The number of benzene rings is 2. The number of aryl methyl sites for hydroxylation is 1. The first-order valence-corrected chi connectivity index (χ1v) is 10.1. The van der Waals surface area contributed by atoms with Crippen LogP contribution in [0.2, 0.25) is 0 Å². The van der Waals surface area contributed by atoms with Crippen LogP contribution in [0, 0.1) is 5.82 Å². The number of nitrogens with zero attached hydrogens (tertiary/aromatic N) is 4. The summed E-state index contributed by atoms with van der Waals surface area (Å²) in [7, 11) is 0. The Kier molecular flexibility index (Phi) is 5.62. The Morgan fingerprint density at radius 1 is 1.17 bits per heavy atom. The molecule has 1 amide bonds. The Labute approximate surface area is 175 Å². The largest absolute Gasteiger partial charge is 0.350 e. The number of nitrogens with one attached hydrogen (secondary N) is 1. The van der Waals surface area contributed by atoms with Crippen molar-refractivity contribution >= 4 is 29.0 Å². The van der Waals surface area contributed by atoms with Crippen LogP contribution in [0.4, 0.5) is 10.1 Å². The molecule has 2 aromatic heterocycles. The Balaban J connectivity index is 1.59. The first-order valence-electron chi connectivity index (χ1n) is 9.30. The molecule has 0 aliphatic carbocycles. The molecule has 1 N–H and O–H groups in total. The highest BCUT2D eigenvalue weighted by Crippen LogP contribution is 2.28. The van der Waals surface area contributed by atoms with Crippen LogP contribution in [0.1, 0.15) is 12.5 Å². The van der Waals surface area contributed by atoms with Gasteiger partial charge in [0.1, 0.15) is 17.4 Å². The molecule has 0 unspecified atom stereocenters. The second kappa shape index (κ2) is 8.50. The number of carbonyl (C=O) groups is 1. The highest BCUT2D eigenvalue weighted by atomic mass is 32.2. The van der Waals surface area contributed by atoms with Gasteiger partial charge in [0.2, 0.25) is 5.91 Å². The lowest BCUT2D eigenvalue weighted by Gasteiger charge is -2.09. The lowest BCUT2D eigenvalue weighted by molar-refractivity contribution is -0.117. The molecule has 30 heavy (non-hydrogen) atoms. The van der Waals surface area contributed by atoms with Crippen molar-refractivity contribution in [1.29, 1.82) is 0 Å². The SMILES string of the molecule is CCc1ccccc1NC(=O)Cn1nc2c(Sc3ccc(F)cc3)nccn2c1=O. The van der Waals surface area contributed by atoms with Gasteiger partial charge in [-0.1, -0.05) is 36.9 Å². The number of amides is 1. The third kappa shape index (κ3) is 4.11. The van der Waals surface area contributed by atoms with Crippen LogP contribution in [0.5, 0.6) is 0 Å². The van der Waals surface area contributed by atoms with Gasteiger partial charge < -0.3 is 5.32 Å². The van der Waals surface area contributed by atoms with E-state index in [1.807, 2.05) is 31.2 Å². The first kappa shape index (κ1) is 19.8. The Morgan fingerprint density at radius 2 is 1.93 bits per heavy atom. The van der Waals surface area contributed by atoms with Gasteiger partial charge in [-0.25, -0.2) is 23.3 Å². The van der Waals surface area contributed by atoms with Crippen LogP contribution in [0.25, 0.3) is 5.65 Å². The van der Waals surface area contributed by atoms with Crippen LogP contribution in [0.3, 0.4) is 0 Å². The molecular formula is C21H18FN5O2S. The monoisotopic (exact) mass is 423 g/mol. The molecule has 0 saturated carbocycles. The Bertz CT molecular complexity index is 1270. The standard InChI is InChI=1S/C21H18FN5O2S/c1-2-14-5-3-4-6-17(14)24-18(28)13-27-21(29)26-12-11-23-20(19(26)25-27)30-16-9-7-15(22)8-10-16/h3-12H,2,13H2,1H3,(H,24,28). The summed E-state index contributed by atoms with van der Waals surface area (Å²) in [5.74, 6) is -0.677. The van der Waals surface area contributed by atoms with Gasteiger partial charge in [0, 0.05) is 23.0 Å². The van der Waals surface area contributed by atoms with Gasteiger partial charge in [0.15, 0.2) is 5.65 Å². The molecule has 2 heterocycles. The predicted octanol–water partition coefficient (Wildman–Crippen LogP) is 3.38. The van der Waals surface area contributed by atoms with Gasteiger partial charge in [-0.2, -0.15) is 0 Å². The lowest BCUT2D eigenvalue weighted by Crippen LogP contribution is -2.28. The van der Waals surface area contributed by atoms with Crippen molar-refractivity contribution in [3.05, 3.63) is 82.8 Å². The van der Waals surface area contributed by atoms with Gasteiger partial charge >= 0.3 is 5.69 Å². The number of fused-ring (bicyclic) bond motifs is 1. The molecule has 0 spiro atoms. The molecule has 0 fully saturated rings. The minimum atomic E-state index is -0.438. The summed E-state index contributed by atoms with van der Waals surface area (Å²) in [6, 6.07) is 13.5. The third-order valence-corrected chi connectivity index (χ3v) is 5.45. The first-order chi connectivity index (χ1) is 14.5. The van der Waals surface area contributed by atoms with Crippen molar-refractivity contribution in [3.63, 3.8) is 0 Å². The van der Waals surface area contributed by atoms with Gasteiger partial charge in [-0.05, 0) is 42.3 Å². The summed E-state index contributed by atoms with van der Waals surface area (Å²) in [5, 5.41) is 7.62. The zero-order chi connectivity index (χ0) is 21.1. The van der Waals surface area contributed by atoms with E-state index in [9.17, 15) is 14.0 Å². The maximum absolute atomic E-state index is 13.1. The molecule has 0 aliphatic heterocycles. The van der Waals surface area contributed by atoms with E-state index in [-0.39, 0.29) is 18.3 Å². The minimum Gasteiger partial charge on any atom is -0.324 e. The second-order valence-corrected chi connectivity index (χ2v) is 7.54. The highest BCUT2D eigenvalue weighted by molar-refractivity contribution is 7.99. The number of para-hydroxylation sites is 1. The summed E-state index contributed by atoms with van der Waals surface area (Å²) < 4.78 is 15.6. The number of rotatable bonds is 6. The average Bonchev–Trinajstić information content (AvgIpc) is 3.06. The number of hydrogen-bond donors (Lipinski definition) is 1. The van der Waals surface area contributed by atoms with E-state index in [2.05, 4.69) is 15.4 Å². The van der Waals surface area contributed by atoms with Gasteiger partial charge in [-0.3, -0.25) is 4.79 Å². The highest BCUT2D eigenvalue weighted by Gasteiger charge is 2.15. The van der Waals surface area contributed by atoms with E-state index >= 15 is 0 Å². The molecule has 9 heteroatoms. The third-order valence-electron chi connectivity index (χ3n) is 4.46. The van der Waals surface area contributed by atoms with E-state index in [1.54, 1.807) is 12.1 Å². The predicted molar refractivity (Wildman–Crippen MR) is 112 cm³/mol. The summed E-state index contributed by atoms with van der Waals surface area (Å²) in [6.45, 7) is 1.78. The molecule has 152 valence electrons. The normalized spacial score (nSPS) is 11.0. The van der Waals surface area contributed by atoms with E-state index < -0.39 is 5.69 Å². The summed E-state index contributed by atoms with van der Waals surface area (Å²) >= 11 is 1.26. The van der Waals surface area contributed by atoms with E-state index in [1.165, 1.54) is 40.7 Å². The Hall–Kier alpha value is -3.46. The zero-order valence-corrected chi connectivity index (χ0v) is 16.9.